The molecule has 1 fully saturated rings. The molecule has 0 aromatic heterocycles. The number of hydrogen-bond donors (Lipinski definition) is 6. The van der Waals surface area contributed by atoms with Crippen LogP contribution in [0, 0.1) is 0 Å². The first-order chi connectivity index (χ1) is 15.5. The third kappa shape index (κ3) is 3.50. The molecule has 33 heavy (non-hydrogen) atoms. The van der Waals surface area contributed by atoms with Crippen molar-refractivity contribution in [3.63, 3.8) is 0 Å². The zero-order valence-electron chi connectivity index (χ0n) is 16.4. The topological polar surface area (TPSA) is 208 Å². The third-order valence-electron chi connectivity index (χ3n) is 5.39. The van der Waals surface area contributed by atoms with Gasteiger partial charge in [0.25, 0.3) is 0 Å². The molecular weight excluding hydrogens is 444 g/mol. The smallest absolute Gasteiger partial charge is 0.335 e. The molecule has 1 saturated heterocycles. The highest BCUT2D eigenvalue weighted by atomic mass is 16.7. The standard InChI is InChI=1S/C21H16O12/c22-9-5-6(19(28)29)4-8-11(9)14(24)12-7(13(8)23)2-1-3-10(12)32-21-17(27)15(25)16(26)18(33-21)20(30)31/h1-5,15-18,21-22,25-27H,(H,28,29)(H,30,31)/t15-,16-,17-,18+,21+/m0/s1. The van der Waals surface area contributed by atoms with Gasteiger partial charge in [0.1, 0.15) is 29.8 Å². The number of aromatic carboxylic acids is 1. The molecule has 1 heterocycles. The van der Waals surface area contributed by atoms with Crippen LogP contribution in [-0.2, 0) is 9.53 Å². The van der Waals surface area contributed by atoms with E-state index in [1.807, 2.05) is 0 Å². The lowest BCUT2D eigenvalue weighted by atomic mass is 9.82. The van der Waals surface area contributed by atoms with Gasteiger partial charge in [0.2, 0.25) is 12.1 Å². The molecule has 1 aliphatic heterocycles. The molecule has 2 aliphatic rings. The second-order valence-corrected chi connectivity index (χ2v) is 7.41. The number of aliphatic hydroxyl groups is 3. The van der Waals surface area contributed by atoms with Crippen LogP contribution in [0.5, 0.6) is 11.5 Å². The van der Waals surface area contributed by atoms with Gasteiger partial charge in [-0.05, 0) is 18.2 Å². The number of carbonyl (C=O) groups is 4. The van der Waals surface area contributed by atoms with Crippen LogP contribution < -0.4 is 4.74 Å². The van der Waals surface area contributed by atoms with Crippen molar-refractivity contribution in [3.8, 4) is 11.5 Å². The van der Waals surface area contributed by atoms with E-state index in [0.29, 0.717) is 0 Å². The molecule has 4 rings (SSSR count). The maximum atomic E-state index is 13.2. The Morgan fingerprint density at radius 1 is 0.879 bits per heavy atom. The molecule has 0 amide bonds. The maximum Gasteiger partial charge on any atom is 0.335 e. The van der Waals surface area contributed by atoms with Crippen LogP contribution in [0.25, 0.3) is 0 Å². The van der Waals surface area contributed by atoms with Gasteiger partial charge in [0.15, 0.2) is 11.9 Å². The molecule has 0 spiro atoms. The molecule has 5 atom stereocenters. The second-order valence-electron chi connectivity index (χ2n) is 7.41. The summed E-state index contributed by atoms with van der Waals surface area (Å²) in [5.74, 6) is -5.83. The Labute approximate surface area is 183 Å². The minimum Gasteiger partial charge on any atom is -0.507 e. The average molecular weight is 460 g/mol. The molecule has 0 saturated carbocycles. The zero-order valence-corrected chi connectivity index (χ0v) is 16.4. The SMILES string of the molecule is O=C(O)c1cc(O)c2c(c1)C(=O)c1cccc(O[C@@H]3O[C@@H](C(=O)O)[C@@H](O)[C@H](O)[C@@H]3O)c1C2=O. The van der Waals surface area contributed by atoms with Crippen LogP contribution >= 0.6 is 0 Å². The number of rotatable bonds is 4. The summed E-state index contributed by atoms with van der Waals surface area (Å²) in [5.41, 5.74) is -1.75. The molecule has 0 bridgehead atoms. The highest BCUT2D eigenvalue weighted by Gasteiger charge is 2.48. The Balaban J connectivity index is 1.76. The van der Waals surface area contributed by atoms with Crippen molar-refractivity contribution in [2.45, 2.75) is 30.7 Å². The van der Waals surface area contributed by atoms with E-state index >= 15 is 0 Å². The van der Waals surface area contributed by atoms with Crippen LogP contribution in [0.3, 0.4) is 0 Å². The Morgan fingerprint density at radius 3 is 2.21 bits per heavy atom. The quantitative estimate of drug-likeness (QED) is 0.281. The number of hydrogen-bond acceptors (Lipinski definition) is 10. The van der Waals surface area contributed by atoms with Gasteiger partial charge in [-0.25, -0.2) is 9.59 Å². The lowest BCUT2D eigenvalue weighted by Gasteiger charge is -2.38. The molecule has 12 nitrogen and oxygen atoms in total. The number of carboxylic acids is 2. The number of phenolic OH excluding ortho intramolecular Hbond substituents is 1. The number of carboxylic acid groups (broad SMARTS) is 2. The lowest BCUT2D eigenvalue weighted by molar-refractivity contribution is -0.271. The van der Waals surface area contributed by atoms with Crippen molar-refractivity contribution in [2.75, 3.05) is 0 Å². The summed E-state index contributed by atoms with van der Waals surface area (Å²) in [7, 11) is 0. The number of benzene rings is 2. The van der Waals surface area contributed by atoms with E-state index < -0.39 is 71.1 Å². The summed E-state index contributed by atoms with van der Waals surface area (Å²) in [6.45, 7) is 0. The predicted molar refractivity (Wildman–Crippen MR) is 103 cm³/mol. The molecule has 1 aliphatic carbocycles. The minimum atomic E-state index is -1.96. The first kappa shape index (κ1) is 22.4. The maximum absolute atomic E-state index is 13.2. The normalized spacial score (nSPS) is 26.3. The van der Waals surface area contributed by atoms with Gasteiger partial charge in [-0.15, -0.1) is 0 Å². The third-order valence-corrected chi connectivity index (χ3v) is 5.39. The van der Waals surface area contributed by atoms with Gasteiger partial charge in [0, 0.05) is 11.1 Å². The number of aliphatic hydroxyl groups excluding tert-OH is 3. The van der Waals surface area contributed by atoms with E-state index in [9.17, 15) is 39.6 Å². The summed E-state index contributed by atoms with van der Waals surface area (Å²) in [4.78, 5) is 48.7. The first-order valence-corrected chi connectivity index (χ1v) is 9.44. The molecule has 172 valence electrons. The Bertz CT molecular complexity index is 1200. The highest BCUT2D eigenvalue weighted by Crippen LogP contribution is 2.38. The predicted octanol–water partition coefficient (Wildman–Crippen LogP) is -0.863. The monoisotopic (exact) mass is 460 g/mol. The number of phenols is 1. The van der Waals surface area contributed by atoms with Crippen molar-refractivity contribution in [1.82, 2.24) is 0 Å². The first-order valence-electron chi connectivity index (χ1n) is 9.44. The molecule has 0 unspecified atom stereocenters. The van der Waals surface area contributed by atoms with E-state index in [1.165, 1.54) is 18.2 Å². The summed E-state index contributed by atoms with van der Waals surface area (Å²) < 4.78 is 10.5. The molecule has 12 heteroatoms. The van der Waals surface area contributed by atoms with Crippen molar-refractivity contribution in [3.05, 3.63) is 58.1 Å². The fourth-order valence-electron chi connectivity index (χ4n) is 3.77. The number of aromatic hydroxyl groups is 1. The van der Waals surface area contributed by atoms with E-state index in [-0.39, 0.29) is 22.4 Å². The number of aliphatic carboxylic acids is 1. The van der Waals surface area contributed by atoms with Crippen molar-refractivity contribution in [1.29, 1.82) is 0 Å². The Hall–Kier alpha value is -3.84. The van der Waals surface area contributed by atoms with E-state index in [4.69, 9.17) is 19.7 Å². The minimum absolute atomic E-state index is 0.201. The summed E-state index contributed by atoms with van der Waals surface area (Å²) in [6.07, 6.45) is -9.63. The second kappa shape index (κ2) is 7.94. The number of ketones is 2. The summed E-state index contributed by atoms with van der Waals surface area (Å²) in [5, 5.41) is 58.5. The highest BCUT2D eigenvalue weighted by molar-refractivity contribution is 6.30. The van der Waals surface area contributed by atoms with Crippen molar-refractivity contribution >= 4 is 23.5 Å². The molecule has 2 aromatic carbocycles. The summed E-state index contributed by atoms with van der Waals surface area (Å²) in [6, 6.07) is 5.54. The van der Waals surface area contributed by atoms with Crippen LogP contribution in [0.4, 0.5) is 0 Å². The van der Waals surface area contributed by atoms with E-state index in [0.717, 1.165) is 12.1 Å². The average Bonchev–Trinajstić information content (AvgIpc) is 2.76. The number of fused-ring (bicyclic) bond motifs is 2. The molecule has 2 aromatic rings. The fraction of sp³-hybridized carbons (Fsp3) is 0.238. The van der Waals surface area contributed by atoms with Gasteiger partial charge in [0.05, 0.1) is 16.7 Å². The van der Waals surface area contributed by atoms with E-state index in [2.05, 4.69) is 0 Å². The van der Waals surface area contributed by atoms with Crippen molar-refractivity contribution in [2.24, 2.45) is 0 Å². The Morgan fingerprint density at radius 2 is 1.58 bits per heavy atom. The molecule has 0 radical (unpaired) electrons. The van der Waals surface area contributed by atoms with Gasteiger partial charge >= 0.3 is 11.9 Å². The number of ether oxygens (including phenoxy) is 2. The van der Waals surface area contributed by atoms with Gasteiger partial charge < -0.3 is 40.1 Å². The Kier molecular flexibility index (Phi) is 5.38. The lowest BCUT2D eigenvalue weighted by Crippen LogP contribution is -2.61. The van der Waals surface area contributed by atoms with Gasteiger partial charge in [-0.3, -0.25) is 9.59 Å². The molecular formula is C21H16O12. The van der Waals surface area contributed by atoms with Gasteiger partial charge in [-0.2, -0.15) is 0 Å². The summed E-state index contributed by atoms with van der Waals surface area (Å²) >= 11 is 0. The van der Waals surface area contributed by atoms with Crippen LogP contribution in [-0.4, -0.2) is 84.9 Å². The largest absolute Gasteiger partial charge is 0.507 e. The fourth-order valence-corrected chi connectivity index (χ4v) is 3.77. The van der Waals surface area contributed by atoms with Crippen LogP contribution in [0.15, 0.2) is 30.3 Å². The molecule has 6 N–H and O–H groups in total. The van der Waals surface area contributed by atoms with Crippen LogP contribution in [0.2, 0.25) is 0 Å². The zero-order chi connectivity index (χ0) is 24.2. The van der Waals surface area contributed by atoms with Crippen LogP contribution in [0.1, 0.15) is 42.2 Å². The number of carbonyl (C=O) groups excluding carboxylic acids is 2. The van der Waals surface area contributed by atoms with E-state index in [1.54, 1.807) is 0 Å². The van der Waals surface area contributed by atoms with Crippen molar-refractivity contribution < 1.29 is 59.3 Å². The van der Waals surface area contributed by atoms with Gasteiger partial charge in [-0.1, -0.05) is 12.1 Å².